The molecule has 1 heterocycles. The Morgan fingerprint density at radius 3 is 3.07 bits per heavy atom. The molecule has 0 bridgehead atoms. The Kier molecular flexibility index (Phi) is 3.02. The van der Waals surface area contributed by atoms with Gasteiger partial charge in [0.25, 0.3) is 0 Å². The lowest BCUT2D eigenvalue weighted by Crippen LogP contribution is -2.19. The summed E-state index contributed by atoms with van der Waals surface area (Å²) in [5, 5.41) is 11.7. The first-order valence-corrected chi connectivity index (χ1v) is 5.39. The molecule has 0 aliphatic heterocycles. The first-order chi connectivity index (χ1) is 7.27. The van der Waals surface area contributed by atoms with E-state index in [2.05, 4.69) is 47.6 Å². The van der Waals surface area contributed by atoms with Crippen molar-refractivity contribution in [2.45, 2.75) is 20.4 Å². The highest BCUT2D eigenvalue weighted by Gasteiger charge is 2.02. The summed E-state index contributed by atoms with van der Waals surface area (Å²) in [6.07, 6.45) is 1.86. The lowest BCUT2D eigenvalue weighted by molar-refractivity contribution is 0.553. The summed E-state index contributed by atoms with van der Waals surface area (Å²) in [5.74, 6) is 0.686. The van der Waals surface area contributed by atoms with E-state index in [9.17, 15) is 0 Å². The number of H-pyrrole nitrogens is 1. The van der Waals surface area contributed by atoms with Crippen LogP contribution in [-0.4, -0.2) is 16.7 Å². The van der Waals surface area contributed by atoms with E-state index >= 15 is 0 Å². The lowest BCUT2D eigenvalue weighted by atomic mass is 10.1. The molecule has 0 aliphatic carbocycles. The van der Waals surface area contributed by atoms with Gasteiger partial charge < -0.3 is 5.32 Å². The molecule has 0 saturated carbocycles. The summed E-state index contributed by atoms with van der Waals surface area (Å²) < 4.78 is 0. The summed E-state index contributed by atoms with van der Waals surface area (Å²) in [4.78, 5) is 0. The fraction of sp³-hybridized carbons (Fsp3) is 0.417. The molecule has 0 fully saturated rings. The highest BCUT2D eigenvalue weighted by molar-refractivity contribution is 5.81. The summed E-state index contributed by atoms with van der Waals surface area (Å²) >= 11 is 0. The molecule has 3 heteroatoms. The van der Waals surface area contributed by atoms with Crippen LogP contribution in [-0.2, 0) is 6.54 Å². The van der Waals surface area contributed by atoms with Gasteiger partial charge in [0, 0.05) is 11.9 Å². The number of fused-ring (bicyclic) bond motifs is 1. The van der Waals surface area contributed by atoms with Crippen LogP contribution in [0.15, 0.2) is 24.4 Å². The number of nitrogens with one attached hydrogen (secondary N) is 2. The quantitative estimate of drug-likeness (QED) is 0.800. The van der Waals surface area contributed by atoms with Gasteiger partial charge in [0.05, 0.1) is 11.7 Å². The Bertz CT molecular complexity index is 431. The van der Waals surface area contributed by atoms with Gasteiger partial charge in [-0.3, -0.25) is 5.10 Å². The second-order valence-electron chi connectivity index (χ2n) is 4.28. The van der Waals surface area contributed by atoms with Crippen LogP contribution in [0.2, 0.25) is 0 Å². The topological polar surface area (TPSA) is 40.7 Å². The molecule has 1 aromatic heterocycles. The SMILES string of the molecule is CC(C)CNCc1cccc2cn[nH]c12. The molecule has 15 heavy (non-hydrogen) atoms. The van der Waals surface area contributed by atoms with Crippen LogP contribution in [0.1, 0.15) is 19.4 Å². The molecule has 80 valence electrons. The highest BCUT2D eigenvalue weighted by atomic mass is 15.1. The van der Waals surface area contributed by atoms with Gasteiger partial charge >= 0.3 is 0 Å². The summed E-state index contributed by atoms with van der Waals surface area (Å²) in [6, 6.07) is 6.28. The van der Waals surface area contributed by atoms with Crippen LogP contribution >= 0.6 is 0 Å². The van der Waals surface area contributed by atoms with E-state index in [1.54, 1.807) is 0 Å². The molecular formula is C12H17N3. The first kappa shape index (κ1) is 10.2. The fourth-order valence-corrected chi connectivity index (χ4v) is 1.67. The van der Waals surface area contributed by atoms with Gasteiger partial charge in [-0.05, 0) is 18.0 Å². The number of hydrogen-bond acceptors (Lipinski definition) is 2. The van der Waals surface area contributed by atoms with Crippen molar-refractivity contribution < 1.29 is 0 Å². The van der Waals surface area contributed by atoms with E-state index in [0.717, 1.165) is 18.6 Å². The van der Waals surface area contributed by atoms with Crippen molar-refractivity contribution >= 4 is 10.9 Å². The molecule has 0 amide bonds. The van der Waals surface area contributed by atoms with Crippen molar-refractivity contribution in [3.05, 3.63) is 30.0 Å². The number of aromatic amines is 1. The van der Waals surface area contributed by atoms with E-state index in [0.29, 0.717) is 5.92 Å². The second kappa shape index (κ2) is 4.45. The van der Waals surface area contributed by atoms with Gasteiger partial charge in [0.1, 0.15) is 0 Å². The van der Waals surface area contributed by atoms with E-state index in [1.807, 2.05) is 6.20 Å². The molecule has 3 nitrogen and oxygen atoms in total. The Morgan fingerprint density at radius 1 is 1.40 bits per heavy atom. The molecule has 2 aromatic rings. The molecule has 0 aliphatic rings. The molecule has 1 aromatic carbocycles. The Hall–Kier alpha value is -1.35. The van der Waals surface area contributed by atoms with E-state index in [1.165, 1.54) is 10.9 Å². The summed E-state index contributed by atoms with van der Waals surface area (Å²) in [7, 11) is 0. The zero-order valence-electron chi connectivity index (χ0n) is 9.25. The van der Waals surface area contributed by atoms with Gasteiger partial charge in [0.2, 0.25) is 0 Å². The van der Waals surface area contributed by atoms with Crippen LogP contribution in [0, 0.1) is 5.92 Å². The van der Waals surface area contributed by atoms with Crippen LogP contribution in [0.25, 0.3) is 10.9 Å². The number of hydrogen-bond donors (Lipinski definition) is 2. The predicted molar refractivity (Wildman–Crippen MR) is 62.6 cm³/mol. The van der Waals surface area contributed by atoms with Crippen molar-refractivity contribution in [2.75, 3.05) is 6.54 Å². The number of nitrogens with zero attached hydrogens (tertiary/aromatic N) is 1. The molecule has 0 radical (unpaired) electrons. The van der Waals surface area contributed by atoms with Crippen molar-refractivity contribution in [3.8, 4) is 0 Å². The van der Waals surface area contributed by atoms with Gasteiger partial charge in [-0.25, -0.2) is 0 Å². The predicted octanol–water partition coefficient (Wildman–Crippen LogP) is 2.31. The molecule has 0 saturated heterocycles. The Labute approximate surface area is 89.9 Å². The summed E-state index contributed by atoms with van der Waals surface area (Å²) in [5.41, 5.74) is 2.43. The monoisotopic (exact) mass is 203 g/mol. The molecular weight excluding hydrogens is 186 g/mol. The maximum atomic E-state index is 4.05. The van der Waals surface area contributed by atoms with Crippen molar-refractivity contribution in [1.29, 1.82) is 0 Å². The largest absolute Gasteiger partial charge is 0.312 e. The minimum absolute atomic E-state index is 0.686. The number of benzene rings is 1. The van der Waals surface area contributed by atoms with Gasteiger partial charge in [-0.2, -0.15) is 5.10 Å². The van der Waals surface area contributed by atoms with E-state index < -0.39 is 0 Å². The third-order valence-corrected chi connectivity index (χ3v) is 2.43. The van der Waals surface area contributed by atoms with Crippen molar-refractivity contribution in [2.24, 2.45) is 5.92 Å². The Balaban J connectivity index is 2.10. The highest BCUT2D eigenvalue weighted by Crippen LogP contribution is 2.15. The smallest absolute Gasteiger partial charge is 0.0695 e. The Morgan fingerprint density at radius 2 is 2.27 bits per heavy atom. The van der Waals surface area contributed by atoms with Crippen LogP contribution in [0.5, 0.6) is 0 Å². The molecule has 0 atom stereocenters. The lowest BCUT2D eigenvalue weighted by Gasteiger charge is -2.07. The second-order valence-corrected chi connectivity index (χ2v) is 4.28. The summed E-state index contributed by atoms with van der Waals surface area (Å²) in [6.45, 7) is 6.37. The number of aromatic nitrogens is 2. The number of para-hydroxylation sites is 1. The van der Waals surface area contributed by atoms with E-state index in [-0.39, 0.29) is 0 Å². The van der Waals surface area contributed by atoms with Gasteiger partial charge in [-0.15, -0.1) is 0 Å². The van der Waals surface area contributed by atoms with Gasteiger partial charge in [-0.1, -0.05) is 32.0 Å². The normalized spacial score (nSPS) is 11.4. The average molecular weight is 203 g/mol. The van der Waals surface area contributed by atoms with Crippen molar-refractivity contribution in [3.63, 3.8) is 0 Å². The molecule has 2 rings (SSSR count). The first-order valence-electron chi connectivity index (χ1n) is 5.39. The minimum atomic E-state index is 0.686. The zero-order chi connectivity index (χ0) is 10.7. The third-order valence-electron chi connectivity index (χ3n) is 2.43. The van der Waals surface area contributed by atoms with E-state index in [4.69, 9.17) is 0 Å². The third kappa shape index (κ3) is 2.36. The minimum Gasteiger partial charge on any atom is -0.312 e. The molecule has 0 unspecified atom stereocenters. The van der Waals surface area contributed by atoms with Crippen LogP contribution in [0.4, 0.5) is 0 Å². The van der Waals surface area contributed by atoms with Crippen LogP contribution in [0.3, 0.4) is 0 Å². The maximum absolute atomic E-state index is 4.05. The molecule has 2 N–H and O–H groups in total. The zero-order valence-corrected chi connectivity index (χ0v) is 9.25. The standard InChI is InChI=1S/C12H17N3/c1-9(2)6-13-7-10-4-3-5-11-8-14-15-12(10)11/h3-5,8-9,13H,6-7H2,1-2H3,(H,14,15). The number of rotatable bonds is 4. The van der Waals surface area contributed by atoms with Gasteiger partial charge in [0.15, 0.2) is 0 Å². The van der Waals surface area contributed by atoms with Crippen molar-refractivity contribution in [1.82, 2.24) is 15.5 Å². The fourth-order valence-electron chi connectivity index (χ4n) is 1.67. The molecule has 0 spiro atoms. The average Bonchev–Trinajstić information content (AvgIpc) is 2.65. The van der Waals surface area contributed by atoms with Crippen LogP contribution < -0.4 is 5.32 Å². The maximum Gasteiger partial charge on any atom is 0.0695 e.